The molecule has 0 amide bonds. The molecule has 0 saturated carbocycles. The molecule has 0 spiro atoms. The molecule has 1 aromatic carbocycles. The number of nitrogens with zero attached hydrogens (tertiary/aromatic N) is 4. The Kier molecular flexibility index (Phi) is 5.21. The summed E-state index contributed by atoms with van der Waals surface area (Å²) in [5, 5.41) is 8.60. The van der Waals surface area contributed by atoms with Gasteiger partial charge in [-0.2, -0.15) is 4.31 Å². The molecule has 148 valence electrons. The Morgan fingerprint density at radius 3 is 2.57 bits per heavy atom. The van der Waals surface area contributed by atoms with Gasteiger partial charge in [0.15, 0.2) is 5.65 Å². The summed E-state index contributed by atoms with van der Waals surface area (Å²) >= 11 is 0. The van der Waals surface area contributed by atoms with E-state index in [1.807, 2.05) is 18.2 Å². The fourth-order valence-electron chi connectivity index (χ4n) is 4.13. The van der Waals surface area contributed by atoms with E-state index in [0.29, 0.717) is 29.6 Å². The molecule has 7 heteroatoms. The van der Waals surface area contributed by atoms with Gasteiger partial charge >= 0.3 is 0 Å². The van der Waals surface area contributed by atoms with Crippen molar-refractivity contribution in [2.24, 2.45) is 5.92 Å². The summed E-state index contributed by atoms with van der Waals surface area (Å²) < 4.78 is 29.1. The second kappa shape index (κ2) is 7.64. The molecule has 0 radical (unpaired) electrons. The Hall–Kier alpha value is -2.25. The van der Waals surface area contributed by atoms with Crippen LogP contribution >= 0.6 is 0 Å². The lowest BCUT2D eigenvalue weighted by Gasteiger charge is -2.24. The van der Waals surface area contributed by atoms with Gasteiger partial charge < -0.3 is 0 Å². The van der Waals surface area contributed by atoms with Crippen LogP contribution in [-0.2, 0) is 29.3 Å². The van der Waals surface area contributed by atoms with Crippen LogP contribution in [-0.4, -0.2) is 40.4 Å². The van der Waals surface area contributed by atoms with Crippen LogP contribution in [0.3, 0.4) is 0 Å². The van der Waals surface area contributed by atoms with Crippen molar-refractivity contribution >= 4 is 15.7 Å². The molecule has 1 atom stereocenters. The van der Waals surface area contributed by atoms with Crippen molar-refractivity contribution in [3.8, 4) is 0 Å². The van der Waals surface area contributed by atoms with Gasteiger partial charge in [-0.25, -0.2) is 8.42 Å². The van der Waals surface area contributed by atoms with Crippen LogP contribution in [0.5, 0.6) is 0 Å². The number of fused-ring (bicyclic) bond motifs is 2. The molecular weight excluding hydrogens is 372 g/mol. The van der Waals surface area contributed by atoms with Crippen molar-refractivity contribution in [1.29, 1.82) is 0 Å². The van der Waals surface area contributed by atoms with Gasteiger partial charge in [0.1, 0.15) is 5.82 Å². The summed E-state index contributed by atoms with van der Waals surface area (Å²) in [6, 6.07) is 12.0. The zero-order valence-electron chi connectivity index (χ0n) is 16.4. The molecular formula is C21H26N4O2S. The van der Waals surface area contributed by atoms with Crippen LogP contribution in [0.15, 0.2) is 47.5 Å². The van der Waals surface area contributed by atoms with Crippen LogP contribution in [0.25, 0.3) is 5.65 Å². The molecule has 4 rings (SSSR count). The van der Waals surface area contributed by atoms with Gasteiger partial charge in [0.2, 0.25) is 10.0 Å². The molecule has 6 nitrogen and oxygen atoms in total. The highest BCUT2D eigenvalue weighted by atomic mass is 32.2. The van der Waals surface area contributed by atoms with E-state index in [9.17, 15) is 8.42 Å². The molecule has 0 saturated heterocycles. The molecule has 1 unspecified atom stereocenters. The number of aromatic nitrogens is 3. The molecule has 0 fully saturated rings. The zero-order valence-corrected chi connectivity index (χ0v) is 17.2. The average molecular weight is 399 g/mol. The third-order valence-electron chi connectivity index (χ3n) is 5.71. The van der Waals surface area contributed by atoms with Crippen molar-refractivity contribution < 1.29 is 8.42 Å². The van der Waals surface area contributed by atoms with E-state index in [1.165, 1.54) is 15.4 Å². The molecule has 3 aromatic rings. The SMILES string of the molecule is CCN(CC)S(=O)(=O)c1ccc2nnc(CC3CCc4ccccc4C3)n2c1. The smallest absolute Gasteiger partial charge is 0.244 e. The number of pyridine rings is 1. The van der Waals surface area contributed by atoms with E-state index in [4.69, 9.17) is 0 Å². The highest BCUT2D eigenvalue weighted by Gasteiger charge is 2.24. The minimum Gasteiger partial charge on any atom is -0.285 e. The summed E-state index contributed by atoms with van der Waals surface area (Å²) in [7, 11) is -3.50. The molecule has 0 N–H and O–H groups in total. The minimum absolute atomic E-state index is 0.290. The standard InChI is InChI=1S/C21H26N4O2S/c1-3-24(4-2)28(26,27)19-11-12-20-22-23-21(25(20)15-19)14-16-9-10-17-7-5-6-8-18(17)13-16/h5-8,11-12,15-16H,3-4,9-10,13-14H2,1-2H3. The van der Waals surface area contributed by atoms with E-state index in [1.54, 1.807) is 18.3 Å². The lowest BCUT2D eigenvalue weighted by atomic mass is 9.82. The van der Waals surface area contributed by atoms with Gasteiger partial charge in [-0.1, -0.05) is 38.1 Å². The molecule has 1 aliphatic rings. The molecule has 1 aliphatic carbocycles. The van der Waals surface area contributed by atoms with Gasteiger partial charge in [0.25, 0.3) is 0 Å². The predicted octanol–water partition coefficient (Wildman–Crippen LogP) is 3.11. The maximum absolute atomic E-state index is 12.9. The van der Waals surface area contributed by atoms with Crippen LogP contribution < -0.4 is 0 Å². The van der Waals surface area contributed by atoms with Crippen molar-refractivity contribution in [3.63, 3.8) is 0 Å². The monoisotopic (exact) mass is 398 g/mol. The molecule has 0 bridgehead atoms. The Morgan fingerprint density at radius 2 is 1.82 bits per heavy atom. The molecule has 0 aliphatic heterocycles. The van der Waals surface area contributed by atoms with Crippen molar-refractivity contribution in [1.82, 2.24) is 18.9 Å². The Balaban J connectivity index is 1.62. The van der Waals surface area contributed by atoms with Gasteiger partial charge in [-0.3, -0.25) is 4.40 Å². The van der Waals surface area contributed by atoms with Crippen LogP contribution in [0.1, 0.15) is 37.2 Å². The lowest BCUT2D eigenvalue weighted by Crippen LogP contribution is -2.30. The number of aryl methyl sites for hydroxylation is 1. The Bertz CT molecular complexity index is 1090. The van der Waals surface area contributed by atoms with E-state index in [-0.39, 0.29) is 0 Å². The van der Waals surface area contributed by atoms with Crippen molar-refractivity contribution in [2.75, 3.05) is 13.1 Å². The third kappa shape index (κ3) is 3.44. The van der Waals surface area contributed by atoms with E-state index in [2.05, 4.69) is 34.5 Å². The first-order chi connectivity index (χ1) is 13.5. The lowest BCUT2D eigenvalue weighted by molar-refractivity contribution is 0.442. The minimum atomic E-state index is -3.50. The van der Waals surface area contributed by atoms with Crippen molar-refractivity contribution in [2.45, 2.75) is 44.4 Å². The molecule has 2 heterocycles. The second-order valence-corrected chi connectivity index (χ2v) is 9.32. The van der Waals surface area contributed by atoms with Gasteiger partial charge in [0.05, 0.1) is 4.90 Å². The van der Waals surface area contributed by atoms with Gasteiger partial charge in [-0.15, -0.1) is 10.2 Å². The van der Waals surface area contributed by atoms with Crippen LogP contribution in [0, 0.1) is 5.92 Å². The predicted molar refractivity (Wildman–Crippen MR) is 109 cm³/mol. The maximum atomic E-state index is 12.9. The molecule has 2 aromatic heterocycles. The van der Waals surface area contributed by atoms with Crippen molar-refractivity contribution in [3.05, 3.63) is 59.5 Å². The van der Waals surface area contributed by atoms with Gasteiger partial charge in [0, 0.05) is 25.7 Å². The highest BCUT2D eigenvalue weighted by Crippen LogP contribution is 2.28. The number of benzene rings is 1. The Labute approximate surface area is 166 Å². The topological polar surface area (TPSA) is 67.6 Å². The number of sulfonamides is 1. The van der Waals surface area contributed by atoms with Crippen LogP contribution in [0.2, 0.25) is 0 Å². The van der Waals surface area contributed by atoms with Crippen LogP contribution in [0.4, 0.5) is 0 Å². The van der Waals surface area contributed by atoms with E-state index < -0.39 is 10.0 Å². The van der Waals surface area contributed by atoms with E-state index in [0.717, 1.165) is 31.5 Å². The number of rotatable bonds is 6. The van der Waals surface area contributed by atoms with E-state index >= 15 is 0 Å². The normalized spacial score (nSPS) is 17.2. The molecule has 28 heavy (non-hydrogen) atoms. The summed E-state index contributed by atoms with van der Waals surface area (Å²) in [5.41, 5.74) is 3.54. The summed E-state index contributed by atoms with van der Waals surface area (Å²) in [6.07, 6.45) is 5.70. The number of hydrogen-bond acceptors (Lipinski definition) is 4. The van der Waals surface area contributed by atoms with Gasteiger partial charge in [-0.05, 0) is 48.4 Å². The second-order valence-electron chi connectivity index (χ2n) is 7.38. The fourth-order valence-corrected chi connectivity index (χ4v) is 5.59. The average Bonchev–Trinajstić information content (AvgIpc) is 3.11. The largest absolute Gasteiger partial charge is 0.285 e. The summed E-state index contributed by atoms with van der Waals surface area (Å²) in [6.45, 7) is 4.61. The first-order valence-corrected chi connectivity index (χ1v) is 11.4. The fraction of sp³-hybridized carbons (Fsp3) is 0.429. The summed E-state index contributed by atoms with van der Waals surface area (Å²) in [5.74, 6) is 1.32. The maximum Gasteiger partial charge on any atom is 0.244 e. The number of hydrogen-bond donors (Lipinski definition) is 0. The zero-order chi connectivity index (χ0) is 19.7. The Morgan fingerprint density at radius 1 is 1.07 bits per heavy atom. The third-order valence-corrected chi connectivity index (χ3v) is 7.74. The highest BCUT2D eigenvalue weighted by molar-refractivity contribution is 7.89. The summed E-state index contributed by atoms with van der Waals surface area (Å²) in [4.78, 5) is 0.290. The quantitative estimate of drug-likeness (QED) is 0.640. The first-order valence-electron chi connectivity index (χ1n) is 9.93. The first kappa shape index (κ1) is 19.1.